The van der Waals surface area contributed by atoms with Crippen LogP contribution in [0, 0.1) is 0 Å². The predicted molar refractivity (Wildman–Crippen MR) is 79.7 cm³/mol. The number of likely N-dealkylation sites (N-methyl/N-ethyl adjacent to an activating group) is 1. The van der Waals surface area contributed by atoms with Crippen LogP contribution >= 0.6 is 0 Å². The highest BCUT2D eigenvalue weighted by Crippen LogP contribution is 2.23. The van der Waals surface area contributed by atoms with E-state index in [2.05, 4.69) is 16.0 Å². The molecule has 0 saturated carbocycles. The molecule has 2 rings (SSSR count). The minimum absolute atomic E-state index is 0.0813. The Hall–Kier alpha value is -2.34. The second-order valence-electron chi connectivity index (χ2n) is 4.75. The summed E-state index contributed by atoms with van der Waals surface area (Å²) in [7, 11) is 1.55. The highest BCUT2D eigenvalue weighted by Gasteiger charge is 2.14. The topological polar surface area (TPSA) is 83.4 Å². The lowest BCUT2D eigenvalue weighted by molar-refractivity contribution is -0.121. The largest absolute Gasteiger partial charge is 0.459 e. The Labute approximate surface area is 122 Å². The SMILES string of the molecule is CNC(=O)CNCC(=O)N[C@@H](C)c1cc2ccccc2o1. The summed E-state index contributed by atoms with van der Waals surface area (Å²) in [5.41, 5.74) is 0.798. The summed E-state index contributed by atoms with van der Waals surface area (Å²) < 4.78 is 5.69. The summed E-state index contributed by atoms with van der Waals surface area (Å²) in [4.78, 5) is 22.8. The van der Waals surface area contributed by atoms with Crippen molar-refractivity contribution in [1.29, 1.82) is 0 Å². The molecule has 0 bridgehead atoms. The van der Waals surface area contributed by atoms with Gasteiger partial charge in [0.1, 0.15) is 11.3 Å². The van der Waals surface area contributed by atoms with Gasteiger partial charge in [0.05, 0.1) is 19.1 Å². The lowest BCUT2D eigenvalue weighted by atomic mass is 10.2. The fourth-order valence-electron chi connectivity index (χ4n) is 1.96. The molecule has 2 aromatic rings. The lowest BCUT2D eigenvalue weighted by Gasteiger charge is -2.11. The first-order valence-electron chi connectivity index (χ1n) is 6.79. The zero-order valence-electron chi connectivity index (χ0n) is 12.1. The van der Waals surface area contributed by atoms with Crippen molar-refractivity contribution in [3.8, 4) is 0 Å². The molecule has 1 heterocycles. The first kappa shape index (κ1) is 15.1. The van der Waals surface area contributed by atoms with Crippen molar-refractivity contribution in [2.24, 2.45) is 0 Å². The van der Waals surface area contributed by atoms with Gasteiger partial charge in [-0.15, -0.1) is 0 Å². The van der Waals surface area contributed by atoms with E-state index in [-0.39, 0.29) is 30.9 Å². The van der Waals surface area contributed by atoms with Crippen molar-refractivity contribution in [3.63, 3.8) is 0 Å². The van der Waals surface area contributed by atoms with Crippen LogP contribution < -0.4 is 16.0 Å². The molecule has 1 aromatic carbocycles. The van der Waals surface area contributed by atoms with Crippen molar-refractivity contribution in [2.45, 2.75) is 13.0 Å². The van der Waals surface area contributed by atoms with Gasteiger partial charge in [0, 0.05) is 12.4 Å². The van der Waals surface area contributed by atoms with Gasteiger partial charge in [0.25, 0.3) is 0 Å². The molecule has 0 fully saturated rings. The molecule has 0 saturated heterocycles. The Morgan fingerprint density at radius 3 is 2.62 bits per heavy atom. The first-order chi connectivity index (χ1) is 10.1. The summed E-state index contributed by atoms with van der Waals surface area (Å²) in [6.07, 6.45) is 0. The quantitative estimate of drug-likeness (QED) is 0.739. The third-order valence-corrected chi connectivity index (χ3v) is 3.10. The van der Waals surface area contributed by atoms with Crippen LogP contribution in [0.3, 0.4) is 0 Å². The van der Waals surface area contributed by atoms with Crippen molar-refractivity contribution in [1.82, 2.24) is 16.0 Å². The molecule has 1 aromatic heterocycles. The predicted octanol–water partition coefficient (Wildman–Crippen LogP) is 0.946. The van der Waals surface area contributed by atoms with Crippen LogP contribution in [-0.2, 0) is 9.59 Å². The third kappa shape index (κ3) is 4.06. The number of nitrogens with one attached hydrogen (secondary N) is 3. The number of amides is 2. The number of furan rings is 1. The van der Waals surface area contributed by atoms with Gasteiger partial charge in [0.15, 0.2) is 0 Å². The minimum atomic E-state index is -0.230. The van der Waals surface area contributed by atoms with E-state index in [4.69, 9.17) is 4.42 Å². The van der Waals surface area contributed by atoms with Gasteiger partial charge in [-0.2, -0.15) is 0 Å². The molecule has 0 spiro atoms. The third-order valence-electron chi connectivity index (χ3n) is 3.10. The van der Waals surface area contributed by atoms with E-state index in [1.165, 1.54) is 0 Å². The van der Waals surface area contributed by atoms with Crippen molar-refractivity contribution < 1.29 is 14.0 Å². The Bertz CT molecular complexity index is 603. The van der Waals surface area contributed by atoms with Gasteiger partial charge in [-0.1, -0.05) is 18.2 Å². The van der Waals surface area contributed by atoms with Crippen LogP contribution in [0.25, 0.3) is 11.0 Å². The fourth-order valence-corrected chi connectivity index (χ4v) is 1.96. The molecular weight excluding hydrogens is 270 g/mol. The van der Waals surface area contributed by atoms with E-state index >= 15 is 0 Å². The van der Waals surface area contributed by atoms with Gasteiger partial charge >= 0.3 is 0 Å². The van der Waals surface area contributed by atoms with Crippen LogP contribution in [-0.4, -0.2) is 32.0 Å². The Morgan fingerprint density at radius 1 is 1.19 bits per heavy atom. The number of fused-ring (bicyclic) bond motifs is 1. The second kappa shape index (κ2) is 6.90. The maximum Gasteiger partial charge on any atom is 0.234 e. The summed E-state index contributed by atoms with van der Waals surface area (Å²) in [6.45, 7) is 2.05. The maximum atomic E-state index is 11.8. The van der Waals surface area contributed by atoms with Gasteiger partial charge in [-0.3, -0.25) is 14.9 Å². The van der Waals surface area contributed by atoms with Gasteiger partial charge in [-0.05, 0) is 19.1 Å². The average Bonchev–Trinajstić information content (AvgIpc) is 2.91. The molecule has 3 N–H and O–H groups in total. The standard InChI is InChI=1S/C15H19N3O3/c1-10(18-15(20)9-17-8-14(19)16-2)13-7-11-5-3-4-6-12(11)21-13/h3-7,10,17H,8-9H2,1-2H3,(H,16,19)(H,18,20)/t10-/m0/s1. The molecule has 112 valence electrons. The average molecular weight is 289 g/mol. The molecule has 21 heavy (non-hydrogen) atoms. The zero-order valence-corrected chi connectivity index (χ0v) is 12.1. The first-order valence-corrected chi connectivity index (χ1v) is 6.79. The number of carbonyl (C=O) groups is 2. The molecule has 0 unspecified atom stereocenters. The Kier molecular flexibility index (Phi) is 4.94. The molecule has 6 nitrogen and oxygen atoms in total. The maximum absolute atomic E-state index is 11.8. The molecule has 0 aliphatic heterocycles. The van der Waals surface area contributed by atoms with E-state index in [0.717, 1.165) is 11.0 Å². The van der Waals surface area contributed by atoms with Crippen LogP contribution in [0.2, 0.25) is 0 Å². The normalized spacial score (nSPS) is 12.1. The number of benzene rings is 1. The monoisotopic (exact) mass is 289 g/mol. The highest BCUT2D eigenvalue weighted by atomic mass is 16.3. The number of hydrogen-bond acceptors (Lipinski definition) is 4. The van der Waals surface area contributed by atoms with E-state index < -0.39 is 0 Å². The second-order valence-corrected chi connectivity index (χ2v) is 4.75. The molecule has 0 aliphatic carbocycles. The Morgan fingerprint density at radius 2 is 1.90 bits per heavy atom. The summed E-state index contributed by atoms with van der Waals surface area (Å²) >= 11 is 0. The van der Waals surface area contributed by atoms with Gasteiger partial charge in [0.2, 0.25) is 11.8 Å². The fraction of sp³-hybridized carbons (Fsp3) is 0.333. The minimum Gasteiger partial charge on any atom is -0.459 e. The van der Waals surface area contributed by atoms with Crippen LogP contribution in [0.5, 0.6) is 0 Å². The van der Waals surface area contributed by atoms with Crippen LogP contribution in [0.4, 0.5) is 0 Å². The molecule has 0 radical (unpaired) electrons. The van der Waals surface area contributed by atoms with Crippen molar-refractivity contribution in [3.05, 3.63) is 36.1 Å². The zero-order chi connectivity index (χ0) is 15.2. The van der Waals surface area contributed by atoms with Crippen molar-refractivity contribution in [2.75, 3.05) is 20.1 Å². The number of hydrogen-bond donors (Lipinski definition) is 3. The highest BCUT2D eigenvalue weighted by molar-refractivity contribution is 5.81. The molecular formula is C15H19N3O3. The van der Waals surface area contributed by atoms with E-state index in [1.807, 2.05) is 37.3 Å². The summed E-state index contributed by atoms with van der Waals surface area (Å²) in [6, 6.07) is 9.37. The molecule has 2 amide bonds. The molecule has 0 aliphatic rings. The Balaban J connectivity index is 1.87. The lowest BCUT2D eigenvalue weighted by Crippen LogP contribution is -2.39. The molecule has 1 atom stereocenters. The molecule has 6 heteroatoms. The van der Waals surface area contributed by atoms with Crippen LogP contribution in [0.15, 0.2) is 34.7 Å². The van der Waals surface area contributed by atoms with Crippen molar-refractivity contribution >= 4 is 22.8 Å². The number of rotatable bonds is 6. The van der Waals surface area contributed by atoms with Gasteiger partial charge < -0.3 is 15.1 Å². The smallest absolute Gasteiger partial charge is 0.234 e. The summed E-state index contributed by atoms with van der Waals surface area (Å²) in [5.74, 6) is 0.357. The van der Waals surface area contributed by atoms with E-state index in [0.29, 0.717) is 5.76 Å². The van der Waals surface area contributed by atoms with Gasteiger partial charge in [-0.25, -0.2) is 0 Å². The number of carbonyl (C=O) groups excluding carboxylic acids is 2. The van der Waals surface area contributed by atoms with Crippen LogP contribution in [0.1, 0.15) is 18.7 Å². The van der Waals surface area contributed by atoms with E-state index in [9.17, 15) is 9.59 Å². The summed E-state index contributed by atoms with van der Waals surface area (Å²) in [5, 5.41) is 9.06. The number of para-hydroxylation sites is 1. The van der Waals surface area contributed by atoms with E-state index in [1.54, 1.807) is 7.05 Å².